The summed E-state index contributed by atoms with van der Waals surface area (Å²) in [5.41, 5.74) is 3.01. The number of nitro benzene ring substituents is 1. The van der Waals surface area contributed by atoms with Gasteiger partial charge in [-0.15, -0.1) is 0 Å². The zero-order chi connectivity index (χ0) is 23.9. The van der Waals surface area contributed by atoms with Crippen molar-refractivity contribution in [2.45, 2.75) is 6.61 Å². The van der Waals surface area contributed by atoms with Crippen LogP contribution in [0.15, 0.2) is 97.3 Å². The molecule has 1 aromatic heterocycles. The highest BCUT2D eigenvalue weighted by atomic mass is 16.6. The van der Waals surface area contributed by atoms with E-state index in [0.29, 0.717) is 17.1 Å². The summed E-state index contributed by atoms with van der Waals surface area (Å²) in [5.74, 6) is 0.891. The van der Waals surface area contributed by atoms with Crippen LogP contribution in [0.1, 0.15) is 21.5 Å². The Balaban J connectivity index is 1.49. The lowest BCUT2D eigenvalue weighted by Gasteiger charge is -2.11. The van der Waals surface area contributed by atoms with Crippen molar-refractivity contribution in [3.63, 3.8) is 0 Å². The predicted octanol–water partition coefficient (Wildman–Crippen LogP) is 5.87. The van der Waals surface area contributed by atoms with E-state index in [1.807, 2.05) is 59.4 Å². The van der Waals surface area contributed by atoms with Gasteiger partial charge in [-0.25, -0.2) is 0 Å². The number of carbonyl (C=O) groups is 1. The number of methoxy groups -OCH3 is 1. The summed E-state index contributed by atoms with van der Waals surface area (Å²) in [7, 11) is 1.56. The average molecular weight is 454 g/mol. The van der Waals surface area contributed by atoms with Crippen LogP contribution >= 0.6 is 0 Å². The molecule has 0 spiro atoms. The van der Waals surface area contributed by atoms with E-state index in [1.165, 1.54) is 18.2 Å². The van der Waals surface area contributed by atoms with Gasteiger partial charge in [0.25, 0.3) is 5.69 Å². The summed E-state index contributed by atoms with van der Waals surface area (Å²) in [4.78, 5) is 23.3. The summed E-state index contributed by atoms with van der Waals surface area (Å²) in [5, 5.41) is 11.0. The molecule has 0 atom stereocenters. The first-order valence-corrected chi connectivity index (χ1v) is 10.5. The number of non-ortho nitro benzene ring substituents is 1. The molecule has 4 aromatic rings. The van der Waals surface area contributed by atoms with E-state index < -0.39 is 4.92 Å². The van der Waals surface area contributed by atoms with Crippen LogP contribution in [0, 0.1) is 10.1 Å². The molecular weight excluding hydrogens is 432 g/mol. The minimum Gasteiger partial charge on any atom is -0.496 e. The zero-order valence-corrected chi connectivity index (χ0v) is 18.5. The van der Waals surface area contributed by atoms with Gasteiger partial charge in [-0.2, -0.15) is 0 Å². The molecule has 0 fully saturated rings. The van der Waals surface area contributed by atoms with Gasteiger partial charge in [0.05, 0.1) is 18.1 Å². The molecule has 0 bridgehead atoms. The van der Waals surface area contributed by atoms with Crippen molar-refractivity contribution in [3.05, 3.63) is 124 Å². The molecule has 0 saturated heterocycles. The number of nitro groups is 1. The molecule has 7 heteroatoms. The van der Waals surface area contributed by atoms with Crippen molar-refractivity contribution in [2.24, 2.45) is 0 Å². The highest BCUT2D eigenvalue weighted by molar-refractivity contribution is 6.07. The summed E-state index contributed by atoms with van der Waals surface area (Å²) < 4.78 is 13.1. The Morgan fingerprint density at radius 2 is 1.79 bits per heavy atom. The second kappa shape index (κ2) is 10.3. The number of hydrogen-bond acceptors (Lipinski definition) is 5. The molecule has 0 unspecified atom stereocenters. The monoisotopic (exact) mass is 454 g/mol. The van der Waals surface area contributed by atoms with E-state index in [9.17, 15) is 14.9 Å². The van der Waals surface area contributed by atoms with E-state index in [4.69, 9.17) is 9.47 Å². The van der Waals surface area contributed by atoms with E-state index in [0.717, 1.165) is 16.8 Å². The van der Waals surface area contributed by atoms with Crippen molar-refractivity contribution in [1.29, 1.82) is 0 Å². The first-order valence-electron chi connectivity index (χ1n) is 10.5. The third-order valence-electron chi connectivity index (χ3n) is 5.19. The highest BCUT2D eigenvalue weighted by Gasteiger charge is 2.09. The van der Waals surface area contributed by atoms with Crippen LogP contribution in [0.2, 0.25) is 0 Å². The molecule has 0 aliphatic rings. The largest absolute Gasteiger partial charge is 0.496 e. The molecule has 0 saturated carbocycles. The average Bonchev–Trinajstić information content (AvgIpc) is 3.41. The Kier molecular flexibility index (Phi) is 6.84. The van der Waals surface area contributed by atoms with Crippen LogP contribution in [-0.2, 0) is 6.61 Å². The third-order valence-corrected chi connectivity index (χ3v) is 5.19. The normalized spacial score (nSPS) is 10.9. The van der Waals surface area contributed by atoms with Crippen LogP contribution < -0.4 is 9.47 Å². The molecule has 4 rings (SSSR count). The molecule has 1 heterocycles. The fraction of sp³-hybridized carbons (Fsp3) is 0.0741. The Hall–Kier alpha value is -4.65. The van der Waals surface area contributed by atoms with Crippen molar-refractivity contribution in [3.8, 4) is 17.2 Å². The number of carbonyl (C=O) groups excluding carboxylic acids is 1. The fourth-order valence-electron chi connectivity index (χ4n) is 3.46. The second-order valence-corrected chi connectivity index (χ2v) is 7.45. The van der Waals surface area contributed by atoms with E-state index in [-0.39, 0.29) is 18.1 Å². The van der Waals surface area contributed by atoms with Gasteiger partial charge in [-0.05, 0) is 54.1 Å². The van der Waals surface area contributed by atoms with Gasteiger partial charge in [0.15, 0.2) is 5.78 Å². The van der Waals surface area contributed by atoms with Crippen molar-refractivity contribution in [2.75, 3.05) is 7.11 Å². The molecular formula is C27H22N2O5. The van der Waals surface area contributed by atoms with E-state index >= 15 is 0 Å². The molecule has 3 aromatic carbocycles. The van der Waals surface area contributed by atoms with Gasteiger partial charge in [0.1, 0.15) is 18.1 Å². The molecule has 0 aliphatic heterocycles. The summed E-state index contributed by atoms with van der Waals surface area (Å²) in [6.07, 6.45) is 7.12. The number of nitrogens with zero attached hydrogens (tertiary/aromatic N) is 2. The number of ether oxygens (including phenoxy) is 2. The Morgan fingerprint density at radius 1 is 1.00 bits per heavy atom. The van der Waals surface area contributed by atoms with Gasteiger partial charge in [0.2, 0.25) is 0 Å². The molecule has 34 heavy (non-hydrogen) atoms. The van der Waals surface area contributed by atoms with Crippen molar-refractivity contribution in [1.82, 2.24) is 4.57 Å². The van der Waals surface area contributed by atoms with Gasteiger partial charge in [-0.1, -0.05) is 30.3 Å². The minimum absolute atomic E-state index is 0.0412. The quantitative estimate of drug-likeness (QED) is 0.137. The SMILES string of the molecule is COc1ccc(/C=C/C(=O)c2cccc(-n3cccc3)c2)cc1COc1cccc([N+](=O)[O-])c1. The van der Waals surface area contributed by atoms with Crippen LogP contribution in [0.3, 0.4) is 0 Å². The first-order chi connectivity index (χ1) is 16.5. The molecule has 0 radical (unpaired) electrons. The van der Waals surface area contributed by atoms with Crippen LogP contribution in [-0.4, -0.2) is 22.4 Å². The second-order valence-electron chi connectivity index (χ2n) is 7.45. The number of hydrogen-bond donors (Lipinski definition) is 0. The summed E-state index contributed by atoms with van der Waals surface area (Å²) in [6.45, 7) is 0.152. The van der Waals surface area contributed by atoms with E-state index in [2.05, 4.69) is 0 Å². The molecule has 0 N–H and O–H groups in total. The zero-order valence-electron chi connectivity index (χ0n) is 18.5. The lowest BCUT2D eigenvalue weighted by molar-refractivity contribution is -0.384. The number of rotatable bonds is 9. The van der Waals surface area contributed by atoms with E-state index in [1.54, 1.807) is 37.5 Å². The molecule has 7 nitrogen and oxygen atoms in total. The van der Waals surface area contributed by atoms with Crippen molar-refractivity contribution >= 4 is 17.5 Å². The van der Waals surface area contributed by atoms with Gasteiger partial charge < -0.3 is 14.0 Å². The maximum Gasteiger partial charge on any atom is 0.273 e. The first kappa shape index (κ1) is 22.5. The summed E-state index contributed by atoms with van der Waals surface area (Å²) in [6, 6.07) is 22.8. The third kappa shape index (κ3) is 5.39. The number of ketones is 1. The Labute approximate surface area is 196 Å². The Morgan fingerprint density at radius 3 is 2.56 bits per heavy atom. The lowest BCUT2D eigenvalue weighted by atomic mass is 10.1. The highest BCUT2D eigenvalue weighted by Crippen LogP contribution is 2.25. The van der Waals surface area contributed by atoms with Crippen LogP contribution in [0.4, 0.5) is 5.69 Å². The number of benzene rings is 3. The fourth-order valence-corrected chi connectivity index (χ4v) is 3.46. The molecule has 0 aliphatic carbocycles. The van der Waals surface area contributed by atoms with Gasteiger partial charge >= 0.3 is 0 Å². The maximum absolute atomic E-state index is 12.7. The standard InChI is InChI=1S/C27H22N2O5/c1-33-27-13-11-20(16-22(27)19-34-25-9-5-8-24(18-25)29(31)32)10-12-26(30)21-6-4-7-23(17-21)28-14-2-3-15-28/h2-18H,19H2,1H3/b12-10+. The number of aromatic nitrogens is 1. The summed E-state index contributed by atoms with van der Waals surface area (Å²) >= 11 is 0. The Bertz CT molecular complexity index is 1340. The van der Waals surface area contributed by atoms with Gasteiger partial charge in [-0.3, -0.25) is 14.9 Å². The lowest BCUT2D eigenvalue weighted by Crippen LogP contribution is -2.00. The van der Waals surface area contributed by atoms with Crippen LogP contribution in [0.25, 0.3) is 11.8 Å². The molecule has 170 valence electrons. The van der Waals surface area contributed by atoms with Crippen molar-refractivity contribution < 1.29 is 19.2 Å². The topological polar surface area (TPSA) is 83.6 Å². The predicted molar refractivity (Wildman–Crippen MR) is 130 cm³/mol. The molecule has 0 amide bonds. The van der Waals surface area contributed by atoms with Gasteiger partial charge in [0, 0.05) is 35.3 Å². The number of allylic oxidation sites excluding steroid dienone is 1. The van der Waals surface area contributed by atoms with Crippen LogP contribution in [0.5, 0.6) is 11.5 Å². The maximum atomic E-state index is 12.7. The minimum atomic E-state index is -0.468. The smallest absolute Gasteiger partial charge is 0.273 e.